The predicted octanol–water partition coefficient (Wildman–Crippen LogP) is 13.6. The Bertz CT molecular complexity index is 2940. The molecule has 3 heterocycles. The Kier molecular flexibility index (Phi) is 6.01. The summed E-state index contributed by atoms with van der Waals surface area (Å²) >= 11 is 1.87. The average molecular weight is 649 g/mol. The lowest BCUT2D eigenvalue weighted by atomic mass is 9.87. The minimum atomic E-state index is -0.0365. The van der Waals surface area contributed by atoms with Gasteiger partial charge in [0.25, 0.3) is 0 Å². The third-order valence-electron chi connectivity index (χ3n) is 10.0. The lowest BCUT2D eigenvalue weighted by Gasteiger charge is -2.27. The number of aromatic nitrogens is 1. The molecule has 0 amide bonds. The van der Waals surface area contributed by atoms with Crippen molar-refractivity contribution < 1.29 is 4.42 Å². The van der Waals surface area contributed by atoms with Gasteiger partial charge in [0.05, 0.1) is 5.69 Å². The molecule has 0 N–H and O–H groups in total. The smallest absolute Gasteiger partial charge is 0.159 e. The Labute approximate surface area is 287 Å². The van der Waals surface area contributed by atoms with Crippen molar-refractivity contribution in [3.8, 4) is 0 Å². The van der Waals surface area contributed by atoms with Crippen molar-refractivity contribution in [3.63, 3.8) is 0 Å². The maximum absolute atomic E-state index is 6.62. The number of para-hydroxylation sites is 2. The van der Waals surface area contributed by atoms with Crippen LogP contribution in [0, 0.1) is 0 Å². The molecule has 0 bridgehead atoms. The van der Waals surface area contributed by atoms with Gasteiger partial charge in [-0.2, -0.15) is 0 Å². The molecule has 0 aliphatic rings. The molecule has 0 fully saturated rings. The first-order valence-corrected chi connectivity index (χ1v) is 17.6. The fraction of sp³-hybridized carbons (Fsp3) is 0.0889. The van der Waals surface area contributed by atoms with Gasteiger partial charge in [-0.25, -0.2) is 4.98 Å². The normalized spacial score (nSPS) is 12.4. The predicted molar refractivity (Wildman–Crippen MR) is 210 cm³/mol. The summed E-state index contributed by atoms with van der Waals surface area (Å²) in [5.74, 6) is 0.858. The molecule has 234 valence electrons. The molecule has 3 nitrogen and oxygen atoms in total. The van der Waals surface area contributed by atoms with E-state index >= 15 is 0 Å². The molecule has 0 radical (unpaired) electrons. The molecule has 49 heavy (non-hydrogen) atoms. The summed E-state index contributed by atoms with van der Waals surface area (Å²) in [5, 5.41) is 12.4. The van der Waals surface area contributed by atoms with Crippen LogP contribution in [0.4, 0.5) is 17.2 Å². The molecule has 7 aromatic carbocycles. The van der Waals surface area contributed by atoms with Crippen LogP contribution in [0.3, 0.4) is 0 Å². The summed E-state index contributed by atoms with van der Waals surface area (Å²) in [6.45, 7) is 6.74. The highest BCUT2D eigenvalue weighted by atomic mass is 32.1. The van der Waals surface area contributed by atoms with Gasteiger partial charge in [0, 0.05) is 42.8 Å². The van der Waals surface area contributed by atoms with Crippen LogP contribution in [0.2, 0.25) is 0 Å². The second kappa shape index (κ2) is 10.4. The van der Waals surface area contributed by atoms with Crippen LogP contribution in [0.5, 0.6) is 0 Å². The van der Waals surface area contributed by atoms with Gasteiger partial charge in [0.15, 0.2) is 5.58 Å². The van der Waals surface area contributed by atoms with Crippen molar-refractivity contribution >= 4 is 103 Å². The molecule has 0 aliphatic heterocycles. The first-order chi connectivity index (χ1) is 23.9. The van der Waals surface area contributed by atoms with Crippen LogP contribution in [-0.2, 0) is 5.41 Å². The van der Waals surface area contributed by atoms with Gasteiger partial charge >= 0.3 is 0 Å². The summed E-state index contributed by atoms with van der Waals surface area (Å²) in [4.78, 5) is 7.27. The lowest BCUT2D eigenvalue weighted by molar-refractivity contribution is 0.589. The third kappa shape index (κ3) is 4.30. The van der Waals surface area contributed by atoms with Gasteiger partial charge in [-0.1, -0.05) is 99.6 Å². The molecule has 0 atom stereocenters. The maximum Gasteiger partial charge on any atom is 0.159 e. The fourth-order valence-electron chi connectivity index (χ4n) is 7.61. The van der Waals surface area contributed by atoms with Crippen LogP contribution >= 0.6 is 11.3 Å². The first-order valence-electron chi connectivity index (χ1n) is 16.8. The van der Waals surface area contributed by atoms with Crippen molar-refractivity contribution in [2.45, 2.75) is 26.2 Å². The zero-order valence-corrected chi connectivity index (χ0v) is 28.3. The third-order valence-corrected chi connectivity index (χ3v) is 11.2. The molecule has 10 rings (SSSR count). The Balaban J connectivity index is 1.28. The highest BCUT2D eigenvalue weighted by Crippen LogP contribution is 2.46. The Morgan fingerprint density at radius 3 is 2.02 bits per heavy atom. The number of anilines is 3. The fourth-order valence-corrected chi connectivity index (χ4v) is 8.74. The summed E-state index contributed by atoms with van der Waals surface area (Å²) in [6, 6.07) is 48.4. The Morgan fingerprint density at radius 1 is 0.531 bits per heavy atom. The van der Waals surface area contributed by atoms with Gasteiger partial charge in [-0.3, -0.25) is 4.90 Å². The van der Waals surface area contributed by atoms with E-state index in [1.165, 1.54) is 58.1 Å². The van der Waals surface area contributed by atoms with Gasteiger partial charge in [0.1, 0.15) is 11.4 Å². The van der Waals surface area contributed by atoms with Crippen LogP contribution < -0.4 is 4.90 Å². The number of hydrogen-bond acceptors (Lipinski definition) is 4. The molecule has 4 heteroatoms. The van der Waals surface area contributed by atoms with E-state index in [0.29, 0.717) is 0 Å². The average Bonchev–Trinajstić information content (AvgIpc) is 3.69. The largest absolute Gasteiger partial charge is 0.454 e. The second-order valence-corrected chi connectivity index (χ2v) is 15.1. The number of nitrogens with zero attached hydrogens (tertiary/aromatic N) is 2. The van der Waals surface area contributed by atoms with Crippen LogP contribution in [0.1, 0.15) is 26.3 Å². The van der Waals surface area contributed by atoms with Crippen molar-refractivity contribution in [2.75, 3.05) is 4.90 Å². The van der Waals surface area contributed by atoms with E-state index in [1.807, 2.05) is 29.7 Å². The molecular weight excluding hydrogens is 617 g/mol. The van der Waals surface area contributed by atoms with Crippen LogP contribution in [0.25, 0.3) is 74.4 Å². The van der Waals surface area contributed by atoms with Crippen LogP contribution in [-0.4, -0.2) is 4.98 Å². The number of hydrogen-bond donors (Lipinski definition) is 0. The van der Waals surface area contributed by atoms with Crippen LogP contribution in [0.15, 0.2) is 144 Å². The van der Waals surface area contributed by atoms with Crippen molar-refractivity contribution in [1.82, 2.24) is 4.98 Å². The number of fused-ring (bicyclic) bond motifs is 12. The topological polar surface area (TPSA) is 29.3 Å². The second-order valence-electron chi connectivity index (χ2n) is 14.0. The maximum atomic E-state index is 6.62. The number of thiophene rings is 1. The minimum absolute atomic E-state index is 0.0365. The molecule has 0 spiro atoms. The van der Waals surface area contributed by atoms with E-state index in [2.05, 4.69) is 147 Å². The highest BCUT2D eigenvalue weighted by Gasteiger charge is 2.23. The Morgan fingerprint density at radius 2 is 1.20 bits per heavy atom. The standard InChI is InChI=1S/C45H32N2OS/c1-45(2,3)27-21-22-46-43(23-27)47(39-16-10-15-34-32-13-6-8-17-40(32)48-44(34)39)28-19-20-31-35(24-28)29-11-4-5-12-30(29)36-25-38-33-14-7-9-18-41(33)49-42(38)26-37(31)36/h4-26H,1-3H3. The first kappa shape index (κ1) is 28.3. The van der Waals surface area contributed by atoms with Crippen molar-refractivity contribution in [3.05, 3.63) is 145 Å². The van der Waals surface area contributed by atoms with Gasteiger partial charge in [-0.05, 0) is 97.9 Å². The molecule has 0 aliphatic carbocycles. The van der Waals surface area contributed by atoms with E-state index in [1.54, 1.807) is 0 Å². The van der Waals surface area contributed by atoms with E-state index in [0.717, 1.165) is 39.1 Å². The summed E-state index contributed by atoms with van der Waals surface area (Å²) < 4.78 is 9.26. The van der Waals surface area contributed by atoms with Gasteiger partial charge in [0.2, 0.25) is 0 Å². The zero-order valence-electron chi connectivity index (χ0n) is 27.5. The highest BCUT2D eigenvalue weighted by molar-refractivity contribution is 7.25. The number of pyridine rings is 1. The van der Waals surface area contributed by atoms with E-state index in [4.69, 9.17) is 9.40 Å². The van der Waals surface area contributed by atoms with Crippen molar-refractivity contribution in [2.24, 2.45) is 0 Å². The number of benzene rings is 7. The Hall–Kier alpha value is -5.71. The van der Waals surface area contributed by atoms with E-state index < -0.39 is 0 Å². The molecule has 0 unspecified atom stereocenters. The van der Waals surface area contributed by atoms with Gasteiger partial charge < -0.3 is 4.42 Å². The number of rotatable bonds is 3. The van der Waals surface area contributed by atoms with Crippen molar-refractivity contribution in [1.29, 1.82) is 0 Å². The molecular formula is C45H32N2OS. The lowest BCUT2D eigenvalue weighted by Crippen LogP contribution is -2.15. The van der Waals surface area contributed by atoms with E-state index in [-0.39, 0.29) is 5.41 Å². The summed E-state index contributed by atoms with van der Waals surface area (Å²) in [7, 11) is 0. The molecule has 0 saturated carbocycles. The quantitative estimate of drug-likeness (QED) is 0.179. The summed E-state index contributed by atoms with van der Waals surface area (Å²) in [5.41, 5.74) is 4.91. The molecule has 10 aromatic rings. The zero-order chi connectivity index (χ0) is 32.9. The SMILES string of the molecule is CC(C)(C)c1ccnc(N(c2ccc3c(c2)c2ccccc2c2cc4c(cc32)sc2ccccc24)c2cccc3c2oc2ccccc23)c1. The minimum Gasteiger partial charge on any atom is -0.454 e. The molecule has 3 aromatic heterocycles. The van der Waals surface area contributed by atoms with Gasteiger partial charge in [-0.15, -0.1) is 11.3 Å². The monoisotopic (exact) mass is 648 g/mol. The molecule has 0 saturated heterocycles. The summed E-state index contributed by atoms with van der Waals surface area (Å²) in [6.07, 6.45) is 1.93. The van der Waals surface area contributed by atoms with E-state index in [9.17, 15) is 0 Å². The number of furan rings is 1.